The Hall–Kier alpha value is -3.34. The molecule has 2 aromatic carbocycles. The molecule has 0 radical (unpaired) electrons. The molecule has 0 fully saturated rings. The molecule has 0 spiro atoms. The number of aromatic nitrogens is 4. The third kappa shape index (κ3) is 3.24. The molecule has 5 heteroatoms. The zero-order valence-corrected chi connectivity index (χ0v) is 15.8. The van der Waals surface area contributed by atoms with E-state index >= 15 is 0 Å². The van der Waals surface area contributed by atoms with E-state index in [-0.39, 0.29) is 0 Å². The van der Waals surface area contributed by atoms with Gasteiger partial charge < -0.3 is 4.74 Å². The predicted molar refractivity (Wildman–Crippen MR) is 106 cm³/mol. The van der Waals surface area contributed by atoms with Crippen LogP contribution in [-0.4, -0.2) is 26.7 Å². The SMILES string of the molecule is COc1c(-c2cc(C)nn2Cc2ccccc2)c(C)nn1-c1ccccc1. The topological polar surface area (TPSA) is 44.9 Å². The Morgan fingerprint density at radius 2 is 1.56 bits per heavy atom. The van der Waals surface area contributed by atoms with Gasteiger partial charge in [-0.3, -0.25) is 4.68 Å². The molecule has 0 unspecified atom stereocenters. The van der Waals surface area contributed by atoms with Crippen LogP contribution >= 0.6 is 0 Å². The van der Waals surface area contributed by atoms with Crippen LogP contribution < -0.4 is 4.74 Å². The molecule has 4 rings (SSSR count). The van der Waals surface area contributed by atoms with Gasteiger partial charge in [-0.1, -0.05) is 48.5 Å². The van der Waals surface area contributed by atoms with Gasteiger partial charge in [0.2, 0.25) is 5.88 Å². The number of aryl methyl sites for hydroxylation is 2. The van der Waals surface area contributed by atoms with Crippen LogP contribution in [0.3, 0.4) is 0 Å². The highest BCUT2D eigenvalue weighted by Crippen LogP contribution is 2.35. The number of methoxy groups -OCH3 is 1. The van der Waals surface area contributed by atoms with Crippen molar-refractivity contribution in [3.05, 3.63) is 83.7 Å². The van der Waals surface area contributed by atoms with E-state index in [1.165, 1.54) is 5.56 Å². The fraction of sp³-hybridized carbons (Fsp3) is 0.182. The highest BCUT2D eigenvalue weighted by molar-refractivity contribution is 5.70. The second-order valence-electron chi connectivity index (χ2n) is 6.53. The Morgan fingerprint density at radius 3 is 2.22 bits per heavy atom. The van der Waals surface area contributed by atoms with Gasteiger partial charge in [-0.2, -0.15) is 10.2 Å². The van der Waals surface area contributed by atoms with E-state index in [4.69, 9.17) is 14.9 Å². The number of para-hydroxylation sites is 1. The number of nitrogens with zero attached hydrogens (tertiary/aromatic N) is 4. The summed E-state index contributed by atoms with van der Waals surface area (Å²) in [5.74, 6) is 0.716. The summed E-state index contributed by atoms with van der Waals surface area (Å²) in [6.45, 7) is 4.71. The van der Waals surface area contributed by atoms with Gasteiger partial charge in [-0.15, -0.1) is 0 Å². The van der Waals surface area contributed by atoms with Gasteiger partial charge >= 0.3 is 0 Å². The van der Waals surface area contributed by atoms with Crippen LogP contribution in [0.1, 0.15) is 17.0 Å². The zero-order valence-electron chi connectivity index (χ0n) is 15.8. The molecule has 136 valence electrons. The molecular weight excluding hydrogens is 336 g/mol. The van der Waals surface area contributed by atoms with Gasteiger partial charge in [0.1, 0.15) is 0 Å². The van der Waals surface area contributed by atoms with E-state index in [0.29, 0.717) is 12.4 Å². The summed E-state index contributed by atoms with van der Waals surface area (Å²) in [7, 11) is 1.68. The average molecular weight is 358 g/mol. The first-order valence-electron chi connectivity index (χ1n) is 8.95. The maximum absolute atomic E-state index is 5.78. The van der Waals surface area contributed by atoms with Crippen LogP contribution in [0.4, 0.5) is 0 Å². The van der Waals surface area contributed by atoms with Crippen LogP contribution in [-0.2, 0) is 6.54 Å². The maximum atomic E-state index is 5.78. The average Bonchev–Trinajstić information content (AvgIpc) is 3.21. The fourth-order valence-corrected chi connectivity index (χ4v) is 3.36. The molecule has 0 aliphatic rings. The minimum atomic E-state index is 0.698. The minimum Gasteiger partial charge on any atom is -0.480 e. The molecule has 2 heterocycles. The van der Waals surface area contributed by atoms with E-state index in [9.17, 15) is 0 Å². The van der Waals surface area contributed by atoms with Gasteiger partial charge in [-0.25, -0.2) is 4.68 Å². The lowest BCUT2D eigenvalue weighted by Crippen LogP contribution is -2.05. The van der Waals surface area contributed by atoms with E-state index in [1.54, 1.807) is 7.11 Å². The lowest BCUT2D eigenvalue weighted by atomic mass is 10.1. The molecule has 5 nitrogen and oxygen atoms in total. The summed E-state index contributed by atoms with van der Waals surface area (Å²) >= 11 is 0. The van der Waals surface area contributed by atoms with Crippen molar-refractivity contribution < 1.29 is 4.74 Å². The number of rotatable bonds is 5. The number of ether oxygens (including phenoxy) is 1. The van der Waals surface area contributed by atoms with Gasteiger partial charge in [0.05, 0.1) is 42.0 Å². The molecule has 0 amide bonds. The second kappa shape index (κ2) is 7.11. The van der Waals surface area contributed by atoms with Crippen LogP contribution in [0.5, 0.6) is 5.88 Å². The molecular formula is C22H22N4O. The molecule has 0 bridgehead atoms. The van der Waals surface area contributed by atoms with E-state index in [0.717, 1.165) is 28.3 Å². The van der Waals surface area contributed by atoms with E-state index in [1.807, 2.05) is 71.7 Å². The molecule has 0 atom stereocenters. The van der Waals surface area contributed by atoms with Gasteiger partial charge in [0.15, 0.2) is 0 Å². The Morgan fingerprint density at radius 1 is 0.889 bits per heavy atom. The van der Waals surface area contributed by atoms with Crippen LogP contribution in [0.15, 0.2) is 66.7 Å². The Bertz CT molecular complexity index is 1050. The first kappa shape index (κ1) is 17.1. The standard InChI is InChI=1S/C22H22N4O/c1-16-14-20(25(23-16)15-18-10-6-4-7-11-18)21-17(2)24-26(22(21)27-3)19-12-8-5-9-13-19/h4-14H,15H2,1-3H3. The summed E-state index contributed by atoms with van der Waals surface area (Å²) in [6, 6.07) is 22.4. The van der Waals surface area contributed by atoms with E-state index in [2.05, 4.69) is 18.2 Å². The van der Waals surface area contributed by atoms with Crippen molar-refractivity contribution in [2.24, 2.45) is 0 Å². The van der Waals surface area contributed by atoms with Crippen molar-refractivity contribution in [3.63, 3.8) is 0 Å². The summed E-state index contributed by atoms with van der Waals surface area (Å²) < 4.78 is 9.65. The normalized spacial score (nSPS) is 10.9. The lowest BCUT2D eigenvalue weighted by Gasteiger charge is -2.10. The summed E-state index contributed by atoms with van der Waals surface area (Å²) in [5.41, 5.74) is 6.02. The van der Waals surface area contributed by atoms with Crippen LogP contribution in [0.25, 0.3) is 16.9 Å². The van der Waals surface area contributed by atoms with Gasteiger partial charge in [0, 0.05) is 0 Å². The van der Waals surface area contributed by atoms with Gasteiger partial charge in [-0.05, 0) is 37.6 Å². The second-order valence-corrected chi connectivity index (χ2v) is 6.53. The monoisotopic (exact) mass is 358 g/mol. The van der Waals surface area contributed by atoms with Crippen LogP contribution in [0.2, 0.25) is 0 Å². The van der Waals surface area contributed by atoms with Crippen molar-refractivity contribution in [1.29, 1.82) is 0 Å². The Labute approximate surface area is 158 Å². The highest BCUT2D eigenvalue weighted by Gasteiger charge is 2.22. The molecule has 0 saturated carbocycles. The third-order valence-corrected chi connectivity index (χ3v) is 4.55. The molecule has 4 aromatic rings. The molecule has 2 aromatic heterocycles. The molecule has 0 aliphatic heterocycles. The Balaban J connectivity index is 1.84. The van der Waals surface area contributed by atoms with Crippen molar-refractivity contribution in [1.82, 2.24) is 19.6 Å². The Kier molecular flexibility index (Phi) is 4.50. The smallest absolute Gasteiger partial charge is 0.226 e. The van der Waals surface area contributed by atoms with Crippen molar-refractivity contribution >= 4 is 0 Å². The first-order valence-corrected chi connectivity index (χ1v) is 8.95. The highest BCUT2D eigenvalue weighted by atomic mass is 16.5. The predicted octanol–water partition coefficient (Wildman–Crippen LogP) is 4.41. The summed E-state index contributed by atoms with van der Waals surface area (Å²) in [5, 5.41) is 9.44. The van der Waals surface area contributed by atoms with Gasteiger partial charge in [0.25, 0.3) is 0 Å². The number of hydrogen-bond acceptors (Lipinski definition) is 3. The largest absolute Gasteiger partial charge is 0.480 e. The summed E-state index contributed by atoms with van der Waals surface area (Å²) in [6.07, 6.45) is 0. The van der Waals surface area contributed by atoms with Crippen molar-refractivity contribution in [3.8, 4) is 22.8 Å². The van der Waals surface area contributed by atoms with Crippen molar-refractivity contribution in [2.45, 2.75) is 20.4 Å². The fourth-order valence-electron chi connectivity index (χ4n) is 3.36. The molecule has 0 N–H and O–H groups in total. The first-order chi connectivity index (χ1) is 13.2. The van der Waals surface area contributed by atoms with Crippen LogP contribution in [0, 0.1) is 13.8 Å². The summed E-state index contributed by atoms with van der Waals surface area (Å²) in [4.78, 5) is 0. The number of benzene rings is 2. The van der Waals surface area contributed by atoms with E-state index < -0.39 is 0 Å². The molecule has 27 heavy (non-hydrogen) atoms. The zero-order chi connectivity index (χ0) is 18.8. The number of hydrogen-bond donors (Lipinski definition) is 0. The quantitative estimate of drug-likeness (QED) is 0.531. The minimum absolute atomic E-state index is 0.698. The molecule has 0 saturated heterocycles. The lowest BCUT2D eigenvalue weighted by molar-refractivity contribution is 0.384. The maximum Gasteiger partial charge on any atom is 0.226 e. The van der Waals surface area contributed by atoms with Crippen molar-refractivity contribution in [2.75, 3.05) is 7.11 Å². The third-order valence-electron chi connectivity index (χ3n) is 4.55. The molecule has 0 aliphatic carbocycles.